The average molecular weight is 337 g/mol. The maximum absolute atomic E-state index is 13.4. The van der Waals surface area contributed by atoms with Gasteiger partial charge in [0, 0.05) is 40.1 Å². The minimum absolute atomic E-state index is 0. The molecule has 0 saturated heterocycles. The third-order valence-corrected chi connectivity index (χ3v) is 4.45. The maximum Gasteiger partial charge on any atom is 0.124 e. The fourth-order valence-corrected chi connectivity index (χ4v) is 3.40. The van der Waals surface area contributed by atoms with E-state index in [9.17, 15) is 4.39 Å². The minimum Gasteiger partial charge on any atom is -0.340 e. The molecule has 0 radical (unpaired) electrons. The third kappa shape index (κ3) is 3.39. The number of nitrogens with zero attached hydrogens (tertiary/aromatic N) is 2. The largest absolute Gasteiger partial charge is 0.340 e. The first kappa shape index (κ1) is 16.7. The molecule has 0 aliphatic rings. The van der Waals surface area contributed by atoms with Crippen molar-refractivity contribution >= 4 is 45.2 Å². The van der Waals surface area contributed by atoms with E-state index in [0.29, 0.717) is 0 Å². The molecule has 1 aromatic carbocycles. The Morgan fingerprint density at radius 1 is 1.18 bits per heavy atom. The molecule has 0 spiro atoms. The smallest absolute Gasteiger partial charge is 0.124 e. The maximum atomic E-state index is 13.4. The molecule has 2 nitrogen and oxygen atoms in total. The summed E-state index contributed by atoms with van der Waals surface area (Å²) in [5.41, 5.74) is 2.28. The lowest BCUT2D eigenvalue weighted by molar-refractivity contribution is 0.630. The van der Waals surface area contributed by atoms with E-state index in [4.69, 9.17) is 0 Å². The van der Waals surface area contributed by atoms with Crippen LogP contribution in [0, 0.1) is 5.82 Å². The van der Waals surface area contributed by atoms with Gasteiger partial charge in [-0.15, -0.1) is 23.7 Å². The number of hydrogen-bond acceptors (Lipinski definition) is 3. The highest BCUT2D eigenvalue weighted by Crippen LogP contribution is 2.37. The molecule has 0 amide bonds. The van der Waals surface area contributed by atoms with E-state index < -0.39 is 0 Å². The highest BCUT2D eigenvalue weighted by Gasteiger charge is 2.14. The van der Waals surface area contributed by atoms with Crippen molar-refractivity contribution in [3.05, 3.63) is 53.9 Å². The summed E-state index contributed by atoms with van der Waals surface area (Å²) in [6, 6.07) is 9.04. The van der Waals surface area contributed by atoms with Crippen LogP contribution < -0.4 is 4.90 Å². The van der Waals surface area contributed by atoms with Crippen LogP contribution in [0.1, 0.15) is 19.8 Å². The number of hydrogen-bond donors (Lipinski definition) is 0. The van der Waals surface area contributed by atoms with Gasteiger partial charge in [0.15, 0.2) is 0 Å². The van der Waals surface area contributed by atoms with Crippen molar-refractivity contribution in [1.82, 2.24) is 4.98 Å². The summed E-state index contributed by atoms with van der Waals surface area (Å²) in [7, 11) is 0. The molecule has 3 aromatic rings. The minimum atomic E-state index is -0.181. The van der Waals surface area contributed by atoms with Crippen molar-refractivity contribution in [1.29, 1.82) is 0 Å². The first-order chi connectivity index (χ1) is 10.3. The average Bonchev–Trinajstić information content (AvgIpc) is 2.92. The second kappa shape index (κ2) is 7.56. The van der Waals surface area contributed by atoms with E-state index in [2.05, 4.69) is 22.2 Å². The van der Waals surface area contributed by atoms with Crippen LogP contribution >= 0.6 is 23.7 Å². The van der Waals surface area contributed by atoms with E-state index in [-0.39, 0.29) is 18.2 Å². The Balaban J connectivity index is 0.00000176. The molecule has 2 heterocycles. The van der Waals surface area contributed by atoms with E-state index in [1.54, 1.807) is 17.4 Å². The van der Waals surface area contributed by atoms with Gasteiger partial charge in [-0.3, -0.25) is 4.98 Å². The standard InChI is InChI=1S/C17H17FN2S.ClH/c1-2-3-10-20(14-6-8-19-9-7-14)16-12-21-17-11-13(18)4-5-15(16)17;/h4-9,11-12H,2-3,10H2,1H3;1H. The quantitative estimate of drug-likeness (QED) is 0.585. The fraction of sp³-hybridized carbons (Fsp3) is 0.235. The molecule has 0 aliphatic carbocycles. The van der Waals surface area contributed by atoms with Crippen molar-refractivity contribution in [2.75, 3.05) is 11.4 Å². The second-order valence-electron chi connectivity index (χ2n) is 4.97. The van der Waals surface area contributed by atoms with Crippen LogP contribution in [0.25, 0.3) is 10.1 Å². The Bertz CT molecular complexity index is 730. The van der Waals surface area contributed by atoms with Gasteiger partial charge < -0.3 is 4.90 Å². The van der Waals surface area contributed by atoms with Gasteiger partial charge in [0.25, 0.3) is 0 Å². The zero-order chi connectivity index (χ0) is 14.7. The number of fused-ring (bicyclic) bond motifs is 1. The topological polar surface area (TPSA) is 16.1 Å². The summed E-state index contributed by atoms with van der Waals surface area (Å²) in [6.45, 7) is 3.13. The first-order valence-corrected chi connectivity index (χ1v) is 8.02. The van der Waals surface area contributed by atoms with E-state index >= 15 is 0 Å². The number of halogens is 2. The van der Waals surface area contributed by atoms with E-state index in [1.807, 2.05) is 30.6 Å². The van der Waals surface area contributed by atoms with Gasteiger partial charge in [0.1, 0.15) is 5.82 Å². The summed E-state index contributed by atoms with van der Waals surface area (Å²) < 4.78 is 14.3. The summed E-state index contributed by atoms with van der Waals surface area (Å²) >= 11 is 1.59. The second-order valence-corrected chi connectivity index (χ2v) is 5.88. The first-order valence-electron chi connectivity index (χ1n) is 7.14. The van der Waals surface area contributed by atoms with Gasteiger partial charge in [-0.1, -0.05) is 13.3 Å². The van der Waals surface area contributed by atoms with E-state index in [1.165, 1.54) is 6.07 Å². The molecule has 0 aliphatic heterocycles. The Hall–Kier alpha value is -1.65. The number of anilines is 2. The zero-order valence-electron chi connectivity index (χ0n) is 12.3. The van der Waals surface area contributed by atoms with Gasteiger partial charge in [-0.25, -0.2) is 4.39 Å². The van der Waals surface area contributed by atoms with Crippen molar-refractivity contribution in [2.24, 2.45) is 0 Å². The van der Waals surface area contributed by atoms with Gasteiger partial charge in [0.05, 0.1) is 5.69 Å². The lowest BCUT2D eigenvalue weighted by atomic mass is 10.2. The molecule has 0 saturated carbocycles. The highest BCUT2D eigenvalue weighted by atomic mass is 35.5. The summed E-state index contributed by atoms with van der Waals surface area (Å²) in [6.07, 6.45) is 5.87. The van der Waals surface area contributed by atoms with Crippen LogP contribution in [0.2, 0.25) is 0 Å². The van der Waals surface area contributed by atoms with E-state index in [0.717, 1.165) is 40.8 Å². The Morgan fingerprint density at radius 3 is 2.68 bits per heavy atom. The number of rotatable bonds is 5. The molecule has 0 bridgehead atoms. The molecule has 0 N–H and O–H groups in total. The number of aromatic nitrogens is 1. The van der Waals surface area contributed by atoms with Gasteiger partial charge >= 0.3 is 0 Å². The summed E-state index contributed by atoms with van der Waals surface area (Å²) in [5, 5.41) is 3.22. The molecule has 2 aromatic heterocycles. The van der Waals surface area contributed by atoms with Crippen LogP contribution in [-0.4, -0.2) is 11.5 Å². The predicted octanol–water partition coefficient (Wildman–Crippen LogP) is 5.80. The third-order valence-electron chi connectivity index (χ3n) is 3.52. The molecule has 0 fully saturated rings. The lowest BCUT2D eigenvalue weighted by Gasteiger charge is -2.24. The number of benzene rings is 1. The number of pyridine rings is 1. The van der Waals surface area contributed by atoms with Gasteiger partial charge in [0.2, 0.25) is 0 Å². The van der Waals surface area contributed by atoms with Crippen LogP contribution in [0.3, 0.4) is 0 Å². The zero-order valence-corrected chi connectivity index (χ0v) is 14.0. The Labute approximate surface area is 140 Å². The van der Waals surface area contributed by atoms with Crippen LogP contribution in [0.4, 0.5) is 15.8 Å². The molecule has 0 unspecified atom stereocenters. The normalized spacial score (nSPS) is 10.5. The van der Waals surface area contributed by atoms with Crippen molar-refractivity contribution in [3.63, 3.8) is 0 Å². The van der Waals surface area contributed by atoms with Crippen molar-refractivity contribution in [2.45, 2.75) is 19.8 Å². The molecule has 0 atom stereocenters. The number of unbranched alkanes of at least 4 members (excludes halogenated alkanes) is 1. The SMILES string of the molecule is CCCCN(c1ccncc1)c1csc2cc(F)ccc12.Cl. The summed E-state index contributed by atoms with van der Waals surface area (Å²) in [4.78, 5) is 6.38. The fourth-order valence-electron chi connectivity index (χ4n) is 2.43. The molecular weight excluding hydrogens is 319 g/mol. The molecule has 3 rings (SSSR count). The van der Waals surface area contributed by atoms with Gasteiger partial charge in [-0.2, -0.15) is 0 Å². The predicted molar refractivity (Wildman–Crippen MR) is 95.2 cm³/mol. The number of thiophene rings is 1. The van der Waals surface area contributed by atoms with Crippen LogP contribution in [0.15, 0.2) is 48.1 Å². The van der Waals surface area contributed by atoms with Gasteiger partial charge in [-0.05, 0) is 36.8 Å². The van der Waals surface area contributed by atoms with Crippen LogP contribution in [-0.2, 0) is 0 Å². The molecule has 22 heavy (non-hydrogen) atoms. The molecular formula is C17H18ClFN2S. The summed E-state index contributed by atoms with van der Waals surface area (Å²) in [5.74, 6) is -0.181. The lowest BCUT2D eigenvalue weighted by Crippen LogP contribution is -2.17. The van der Waals surface area contributed by atoms with Crippen molar-refractivity contribution < 1.29 is 4.39 Å². The highest BCUT2D eigenvalue weighted by molar-refractivity contribution is 7.17. The molecule has 116 valence electrons. The monoisotopic (exact) mass is 336 g/mol. The van der Waals surface area contributed by atoms with Crippen LogP contribution in [0.5, 0.6) is 0 Å². The Morgan fingerprint density at radius 2 is 1.95 bits per heavy atom. The molecule has 5 heteroatoms. The Kier molecular flexibility index (Phi) is 5.75. The van der Waals surface area contributed by atoms with Crippen molar-refractivity contribution in [3.8, 4) is 0 Å².